The zero-order valence-corrected chi connectivity index (χ0v) is 11.6. The molecule has 0 radical (unpaired) electrons. The van der Waals surface area contributed by atoms with Gasteiger partial charge in [0, 0.05) is 5.69 Å². The van der Waals surface area contributed by atoms with Crippen molar-refractivity contribution in [2.24, 2.45) is 5.92 Å². The molecule has 0 atom stereocenters. The molecule has 2 rings (SSSR count). The lowest BCUT2D eigenvalue weighted by Crippen LogP contribution is -1.97. The Morgan fingerprint density at radius 3 is 2.05 bits per heavy atom. The van der Waals surface area contributed by atoms with Crippen LogP contribution in [0.4, 0.5) is 5.69 Å². The number of nitrogen functional groups attached to an aromatic ring is 1. The maximum Gasteiger partial charge on any atom is 0.119 e. The second-order valence-corrected chi connectivity index (χ2v) is 5.27. The summed E-state index contributed by atoms with van der Waals surface area (Å²) in [6.07, 6.45) is 1.12. The highest BCUT2D eigenvalue weighted by atomic mass is 16.5. The molecule has 0 saturated heterocycles. The van der Waals surface area contributed by atoms with Gasteiger partial charge in [0.05, 0.1) is 0 Å². The van der Waals surface area contributed by atoms with Gasteiger partial charge < -0.3 is 10.5 Å². The third kappa shape index (κ3) is 4.32. The van der Waals surface area contributed by atoms with E-state index in [9.17, 15) is 0 Å². The molecular weight excluding hydrogens is 234 g/mol. The summed E-state index contributed by atoms with van der Waals surface area (Å²) < 4.78 is 5.71. The molecule has 2 N–H and O–H groups in total. The lowest BCUT2D eigenvalue weighted by molar-refractivity contribution is 0.306. The maximum absolute atomic E-state index is 5.71. The Balaban J connectivity index is 1.91. The number of rotatable bonds is 5. The Bertz CT molecular complexity index is 500. The first-order valence-corrected chi connectivity index (χ1v) is 6.69. The minimum absolute atomic E-state index is 0.589. The third-order valence-electron chi connectivity index (χ3n) is 2.95. The summed E-state index contributed by atoms with van der Waals surface area (Å²) in [6.45, 7) is 5.06. The van der Waals surface area contributed by atoms with Crippen LogP contribution in [0.25, 0.3) is 0 Å². The van der Waals surface area contributed by atoms with E-state index in [1.807, 2.05) is 24.3 Å². The van der Waals surface area contributed by atoms with Crippen LogP contribution in [-0.2, 0) is 13.0 Å². The topological polar surface area (TPSA) is 35.2 Å². The molecule has 100 valence electrons. The average Bonchev–Trinajstić information content (AvgIpc) is 2.39. The number of hydrogen-bond donors (Lipinski definition) is 1. The van der Waals surface area contributed by atoms with E-state index in [-0.39, 0.29) is 0 Å². The molecule has 0 aromatic heterocycles. The number of hydrogen-bond acceptors (Lipinski definition) is 2. The average molecular weight is 255 g/mol. The van der Waals surface area contributed by atoms with E-state index in [2.05, 4.69) is 38.1 Å². The highest BCUT2D eigenvalue weighted by Gasteiger charge is 1.99. The van der Waals surface area contributed by atoms with Crippen LogP contribution in [-0.4, -0.2) is 0 Å². The van der Waals surface area contributed by atoms with Gasteiger partial charge in [-0.3, -0.25) is 0 Å². The molecule has 0 bridgehead atoms. The van der Waals surface area contributed by atoms with E-state index < -0.39 is 0 Å². The lowest BCUT2D eigenvalue weighted by Gasteiger charge is -2.08. The van der Waals surface area contributed by atoms with E-state index in [1.165, 1.54) is 11.1 Å². The second-order valence-electron chi connectivity index (χ2n) is 5.27. The molecule has 0 aliphatic rings. The first kappa shape index (κ1) is 13.5. The fraction of sp³-hybridized carbons (Fsp3) is 0.294. The summed E-state index contributed by atoms with van der Waals surface area (Å²) >= 11 is 0. The molecule has 0 unspecified atom stereocenters. The standard InChI is InChI=1S/C17H21NO/c1-13(2)11-14-3-5-15(6-4-14)12-19-17-9-7-16(18)8-10-17/h3-10,13H,11-12,18H2,1-2H3. The van der Waals surface area contributed by atoms with Crippen molar-refractivity contribution in [2.45, 2.75) is 26.9 Å². The number of anilines is 1. The Hall–Kier alpha value is -1.96. The predicted molar refractivity (Wildman–Crippen MR) is 80.2 cm³/mol. The number of benzene rings is 2. The van der Waals surface area contributed by atoms with Crippen LogP contribution in [0.2, 0.25) is 0 Å². The van der Waals surface area contributed by atoms with Gasteiger partial charge in [-0.2, -0.15) is 0 Å². The molecule has 0 fully saturated rings. The smallest absolute Gasteiger partial charge is 0.119 e. The molecule has 0 amide bonds. The lowest BCUT2D eigenvalue weighted by atomic mass is 10.0. The van der Waals surface area contributed by atoms with Crippen molar-refractivity contribution in [3.8, 4) is 5.75 Å². The Morgan fingerprint density at radius 2 is 1.47 bits per heavy atom. The molecule has 0 heterocycles. The third-order valence-corrected chi connectivity index (χ3v) is 2.95. The van der Waals surface area contributed by atoms with E-state index in [0.717, 1.165) is 17.9 Å². The van der Waals surface area contributed by atoms with Crippen molar-refractivity contribution in [3.63, 3.8) is 0 Å². The summed E-state index contributed by atoms with van der Waals surface area (Å²) in [7, 11) is 0. The molecular formula is C17H21NO. The molecule has 2 aromatic rings. The summed E-state index contributed by atoms with van der Waals surface area (Å²) in [5, 5.41) is 0. The van der Waals surface area contributed by atoms with Crippen molar-refractivity contribution in [1.82, 2.24) is 0 Å². The van der Waals surface area contributed by atoms with E-state index in [4.69, 9.17) is 10.5 Å². The normalized spacial score (nSPS) is 10.7. The van der Waals surface area contributed by atoms with Crippen molar-refractivity contribution < 1.29 is 4.74 Å². The van der Waals surface area contributed by atoms with E-state index in [0.29, 0.717) is 12.5 Å². The Labute approximate surface area is 115 Å². The van der Waals surface area contributed by atoms with Gasteiger partial charge in [-0.15, -0.1) is 0 Å². The molecule has 19 heavy (non-hydrogen) atoms. The molecule has 0 aliphatic heterocycles. The van der Waals surface area contributed by atoms with Crippen molar-refractivity contribution in [3.05, 3.63) is 59.7 Å². The van der Waals surface area contributed by atoms with Gasteiger partial charge >= 0.3 is 0 Å². The minimum atomic E-state index is 0.589. The van der Waals surface area contributed by atoms with Gasteiger partial charge in [0.1, 0.15) is 12.4 Å². The summed E-state index contributed by atoms with van der Waals surface area (Å²) in [4.78, 5) is 0. The predicted octanol–water partition coefficient (Wildman–Crippen LogP) is 4.05. The highest BCUT2D eigenvalue weighted by molar-refractivity contribution is 5.41. The zero-order chi connectivity index (χ0) is 13.7. The summed E-state index contributed by atoms with van der Waals surface area (Å²) in [5.74, 6) is 1.54. The Kier molecular flexibility index (Phi) is 4.45. The highest BCUT2D eigenvalue weighted by Crippen LogP contribution is 2.16. The summed E-state index contributed by atoms with van der Waals surface area (Å²) in [5.41, 5.74) is 8.96. The van der Waals surface area contributed by atoms with Crippen LogP contribution in [0.3, 0.4) is 0 Å². The van der Waals surface area contributed by atoms with Gasteiger partial charge in [0.15, 0.2) is 0 Å². The first-order chi connectivity index (χ1) is 9.13. The van der Waals surface area contributed by atoms with E-state index >= 15 is 0 Å². The van der Waals surface area contributed by atoms with Crippen molar-refractivity contribution >= 4 is 5.69 Å². The monoisotopic (exact) mass is 255 g/mol. The molecule has 0 saturated carbocycles. The molecule has 0 aliphatic carbocycles. The number of ether oxygens (including phenoxy) is 1. The molecule has 2 heteroatoms. The maximum atomic E-state index is 5.71. The van der Waals surface area contributed by atoms with Crippen LogP contribution >= 0.6 is 0 Å². The quantitative estimate of drug-likeness (QED) is 0.818. The molecule has 2 nitrogen and oxygen atoms in total. The molecule has 2 aromatic carbocycles. The van der Waals surface area contributed by atoms with Crippen LogP contribution < -0.4 is 10.5 Å². The van der Waals surface area contributed by atoms with Crippen LogP contribution in [0.1, 0.15) is 25.0 Å². The van der Waals surface area contributed by atoms with Crippen LogP contribution in [0, 0.1) is 5.92 Å². The second kappa shape index (κ2) is 6.28. The van der Waals surface area contributed by atoms with Crippen molar-refractivity contribution in [2.75, 3.05) is 5.73 Å². The molecule has 0 spiro atoms. The summed E-state index contributed by atoms with van der Waals surface area (Å²) in [6, 6.07) is 16.1. The van der Waals surface area contributed by atoms with Gasteiger partial charge in [0.2, 0.25) is 0 Å². The van der Waals surface area contributed by atoms with Gasteiger partial charge in [0.25, 0.3) is 0 Å². The largest absolute Gasteiger partial charge is 0.489 e. The van der Waals surface area contributed by atoms with Crippen molar-refractivity contribution in [1.29, 1.82) is 0 Å². The fourth-order valence-electron chi connectivity index (χ4n) is 1.97. The zero-order valence-electron chi connectivity index (χ0n) is 11.6. The SMILES string of the molecule is CC(C)Cc1ccc(COc2ccc(N)cc2)cc1. The minimum Gasteiger partial charge on any atom is -0.489 e. The fourth-order valence-corrected chi connectivity index (χ4v) is 1.97. The van der Waals surface area contributed by atoms with Gasteiger partial charge in [-0.05, 0) is 47.7 Å². The van der Waals surface area contributed by atoms with E-state index in [1.54, 1.807) is 0 Å². The van der Waals surface area contributed by atoms with Gasteiger partial charge in [-0.1, -0.05) is 38.1 Å². The Morgan fingerprint density at radius 1 is 0.895 bits per heavy atom. The van der Waals surface area contributed by atoms with Gasteiger partial charge in [-0.25, -0.2) is 0 Å². The van der Waals surface area contributed by atoms with Crippen LogP contribution in [0.5, 0.6) is 5.75 Å². The first-order valence-electron chi connectivity index (χ1n) is 6.69. The number of nitrogens with two attached hydrogens (primary N) is 1. The van der Waals surface area contributed by atoms with Crippen LogP contribution in [0.15, 0.2) is 48.5 Å².